The lowest BCUT2D eigenvalue weighted by atomic mass is 9.89. The van der Waals surface area contributed by atoms with Crippen LogP contribution in [0.4, 0.5) is 0 Å². The molecule has 0 aromatic heterocycles. The van der Waals surface area contributed by atoms with Gasteiger partial charge in [0.2, 0.25) is 0 Å². The second-order valence-corrected chi connectivity index (χ2v) is 5.15. The van der Waals surface area contributed by atoms with Gasteiger partial charge in [0.05, 0.1) is 6.61 Å². The predicted molar refractivity (Wildman–Crippen MR) is 73.3 cm³/mol. The molecule has 19 heavy (non-hydrogen) atoms. The summed E-state index contributed by atoms with van der Waals surface area (Å²) in [6.07, 6.45) is 3.83. The van der Waals surface area contributed by atoms with Gasteiger partial charge in [0.15, 0.2) is 0 Å². The second-order valence-electron chi connectivity index (χ2n) is 5.15. The number of rotatable bonds is 9. The van der Waals surface area contributed by atoms with E-state index in [-0.39, 0.29) is 6.04 Å². The molecule has 0 aromatic carbocycles. The van der Waals surface area contributed by atoms with Crippen LogP contribution in [0.1, 0.15) is 32.6 Å². The Morgan fingerprint density at radius 3 is 2.79 bits per heavy atom. The van der Waals surface area contributed by atoms with Crippen molar-refractivity contribution in [3.05, 3.63) is 0 Å². The van der Waals surface area contributed by atoms with Gasteiger partial charge < -0.3 is 14.6 Å². The van der Waals surface area contributed by atoms with Gasteiger partial charge in [-0.3, -0.25) is 9.69 Å². The fraction of sp³-hybridized carbons (Fsp3) is 0.929. The zero-order valence-corrected chi connectivity index (χ0v) is 12.1. The van der Waals surface area contributed by atoms with Gasteiger partial charge in [-0.2, -0.15) is 0 Å². The van der Waals surface area contributed by atoms with Gasteiger partial charge in [0.25, 0.3) is 0 Å². The third kappa shape index (κ3) is 5.89. The van der Waals surface area contributed by atoms with Crippen molar-refractivity contribution in [3.63, 3.8) is 0 Å². The largest absolute Gasteiger partial charge is 0.480 e. The maximum absolute atomic E-state index is 11.3. The first kappa shape index (κ1) is 16.4. The molecule has 1 aliphatic rings. The number of piperidine rings is 1. The molecule has 112 valence electrons. The zero-order valence-electron chi connectivity index (χ0n) is 12.1. The SMILES string of the molecule is CCC1CCN(CCOCCCOC)C(C(=O)O)C1. The van der Waals surface area contributed by atoms with E-state index in [4.69, 9.17) is 9.47 Å². The van der Waals surface area contributed by atoms with Crippen LogP contribution < -0.4 is 0 Å². The van der Waals surface area contributed by atoms with Crippen molar-refractivity contribution in [3.8, 4) is 0 Å². The normalized spacial score (nSPS) is 24.5. The number of nitrogens with zero attached hydrogens (tertiary/aromatic N) is 1. The molecule has 2 unspecified atom stereocenters. The molecule has 5 nitrogen and oxygen atoms in total. The number of ether oxygens (including phenoxy) is 2. The number of carboxylic acids is 1. The average Bonchev–Trinajstić information content (AvgIpc) is 2.42. The molecule has 0 bridgehead atoms. The van der Waals surface area contributed by atoms with Gasteiger partial charge >= 0.3 is 5.97 Å². The number of likely N-dealkylation sites (tertiary alicyclic amines) is 1. The monoisotopic (exact) mass is 273 g/mol. The smallest absolute Gasteiger partial charge is 0.320 e. The first-order valence-corrected chi connectivity index (χ1v) is 7.22. The van der Waals surface area contributed by atoms with Crippen LogP contribution in [0.5, 0.6) is 0 Å². The number of carboxylic acid groups (broad SMARTS) is 1. The number of carbonyl (C=O) groups is 1. The summed E-state index contributed by atoms with van der Waals surface area (Å²) in [6, 6.07) is -0.332. The lowest BCUT2D eigenvalue weighted by Crippen LogP contribution is -2.48. The van der Waals surface area contributed by atoms with Crippen molar-refractivity contribution in [2.75, 3.05) is 40.0 Å². The summed E-state index contributed by atoms with van der Waals surface area (Å²) in [4.78, 5) is 13.3. The Hall–Kier alpha value is -0.650. The number of hydrogen-bond acceptors (Lipinski definition) is 4. The molecule has 1 aliphatic heterocycles. The van der Waals surface area contributed by atoms with Crippen LogP contribution in [-0.2, 0) is 14.3 Å². The second kappa shape index (κ2) is 9.28. The highest BCUT2D eigenvalue weighted by molar-refractivity contribution is 5.73. The van der Waals surface area contributed by atoms with Gasteiger partial charge in [-0.15, -0.1) is 0 Å². The van der Waals surface area contributed by atoms with E-state index >= 15 is 0 Å². The molecule has 0 aliphatic carbocycles. The van der Waals surface area contributed by atoms with Gasteiger partial charge in [-0.05, 0) is 31.7 Å². The summed E-state index contributed by atoms with van der Waals surface area (Å²) in [5.74, 6) is -0.141. The molecular weight excluding hydrogens is 246 g/mol. The highest BCUT2D eigenvalue weighted by Crippen LogP contribution is 2.25. The van der Waals surface area contributed by atoms with Crippen LogP contribution in [0.2, 0.25) is 0 Å². The van der Waals surface area contributed by atoms with Gasteiger partial charge in [-0.25, -0.2) is 0 Å². The Labute approximate surface area is 115 Å². The summed E-state index contributed by atoms with van der Waals surface area (Å²) in [5.41, 5.74) is 0. The van der Waals surface area contributed by atoms with Crippen LogP contribution in [0.3, 0.4) is 0 Å². The lowest BCUT2D eigenvalue weighted by molar-refractivity contribution is -0.145. The van der Waals surface area contributed by atoms with E-state index in [9.17, 15) is 9.90 Å². The van der Waals surface area contributed by atoms with Crippen LogP contribution in [0, 0.1) is 5.92 Å². The van der Waals surface area contributed by atoms with E-state index in [1.807, 2.05) is 4.90 Å². The third-order valence-corrected chi connectivity index (χ3v) is 3.84. The molecule has 1 fully saturated rings. The maximum Gasteiger partial charge on any atom is 0.320 e. The molecule has 1 N–H and O–H groups in total. The Kier molecular flexibility index (Phi) is 8.02. The van der Waals surface area contributed by atoms with E-state index in [1.54, 1.807) is 7.11 Å². The van der Waals surface area contributed by atoms with Gasteiger partial charge in [-0.1, -0.05) is 13.3 Å². The lowest BCUT2D eigenvalue weighted by Gasteiger charge is -2.36. The fourth-order valence-electron chi connectivity index (χ4n) is 2.57. The van der Waals surface area contributed by atoms with Crippen LogP contribution in [0.15, 0.2) is 0 Å². The van der Waals surface area contributed by atoms with Gasteiger partial charge in [0, 0.05) is 26.9 Å². The van der Waals surface area contributed by atoms with Crippen molar-refractivity contribution in [2.24, 2.45) is 5.92 Å². The molecule has 0 spiro atoms. The molecule has 0 radical (unpaired) electrons. The summed E-state index contributed by atoms with van der Waals surface area (Å²) in [5, 5.41) is 9.30. The van der Waals surface area contributed by atoms with E-state index in [0.717, 1.165) is 32.2 Å². The number of aliphatic carboxylic acids is 1. The Balaban J connectivity index is 2.25. The third-order valence-electron chi connectivity index (χ3n) is 3.84. The molecule has 0 saturated carbocycles. The molecule has 1 rings (SSSR count). The van der Waals surface area contributed by atoms with E-state index in [2.05, 4.69) is 6.92 Å². The minimum absolute atomic E-state index is 0.332. The first-order valence-electron chi connectivity index (χ1n) is 7.22. The number of methoxy groups -OCH3 is 1. The zero-order chi connectivity index (χ0) is 14.1. The standard InChI is InChI=1S/C14H27NO4/c1-3-12-5-6-15(13(11-12)14(16)17)7-10-19-9-4-8-18-2/h12-13H,3-11H2,1-2H3,(H,16,17). The van der Waals surface area contributed by atoms with Crippen molar-refractivity contribution in [1.82, 2.24) is 4.90 Å². The summed E-state index contributed by atoms with van der Waals surface area (Å²) in [7, 11) is 1.68. The minimum atomic E-state index is -0.697. The predicted octanol–water partition coefficient (Wildman–Crippen LogP) is 1.61. The van der Waals surface area contributed by atoms with E-state index in [0.29, 0.717) is 32.3 Å². The molecule has 0 amide bonds. The Morgan fingerprint density at radius 1 is 1.37 bits per heavy atom. The molecule has 0 aromatic rings. The summed E-state index contributed by atoms with van der Waals surface area (Å²) in [6.45, 7) is 5.70. The quantitative estimate of drug-likeness (QED) is 0.647. The number of hydrogen-bond donors (Lipinski definition) is 1. The molecule has 1 saturated heterocycles. The highest BCUT2D eigenvalue weighted by Gasteiger charge is 2.32. The molecular formula is C14H27NO4. The fourth-order valence-corrected chi connectivity index (χ4v) is 2.57. The Morgan fingerprint density at radius 2 is 2.16 bits per heavy atom. The highest BCUT2D eigenvalue weighted by atomic mass is 16.5. The van der Waals surface area contributed by atoms with E-state index < -0.39 is 5.97 Å². The summed E-state index contributed by atoms with van der Waals surface area (Å²) >= 11 is 0. The molecule has 1 heterocycles. The average molecular weight is 273 g/mol. The van der Waals surface area contributed by atoms with Crippen LogP contribution >= 0.6 is 0 Å². The van der Waals surface area contributed by atoms with Crippen LogP contribution in [-0.4, -0.2) is 62.0 Å². The first-order chi connectivity index (χ1) is 9.19. The van der Waals surface area contributed by atoms with Crippen molar-refractivity contribution < 1.29 is 19.4 Å². The Bertz CT molecular complexity index is 260. The van der Waals surface area contributed by atoms with Crippen molar-refractivity contribution in [2.45, 2.75) is 38.6 Å². The van der Waals surface area contributed by atoms with Crippen LogP contribution in [0.25, 0.3) is 0 Å². The molecule has 5 heteroatoms. The van der Waals surface area contributed by atoms with E-state index in [1.165, 1.54) is 0 Å². The van der Waals surface area contributed by atoms with Crippen molar-refractivity contribution in [1.29, 1.82) is 0 Å². The maximum atomic E-state index is 11.3. The van der Waals surface area contributed by atoms with Gasteiger partial charge in [0.1, 0.15) is 6.04 Å². The topological polar surface area (TPSA) is 59.0 Å². The minimum Gasteiger partial charge on any atom is -0.480 e. The molecule has 2 atom stereocenters. The van der Waals surface area contributed by atoms with Crippen molar-refractivity contribution >= 4 is 5.97 Å². The summed E-state index contributed by atoms with van der Waals surface area (Å²) < 4.78 is 10.4.